The van der Waals surface area contributed by atoms with E-state index in [9.17, 15) is 19.2 Å². The maximum absolute atomic E-state index is 13.7. The number of ketones is 3. The number of thiazole rings is 1. The predicted molar refractivity (Wildman–Crippen MR) is 159 cm³/mol. The first-order chi connectivity index (χ1) is 19.5. The minimum atomic E-state index is -0.901. The number of nitrogens with zero attached hydrogens (tertiary/aromatic N) is 1. The number of Topliss-reactive ketones (excluding diaryl/α,β-unsaturated/α-hetero) is 3. The van der Waals surface area contributed by atoms with Crippen molar-refractivity contribution in [2.75, 3.05) is 6.61 Å². The zero-order valence-electron chi connectivity index (χ0n) is 24.1. The van der Waals surface area contributed by atoms with Crippen LogP contribution in [0.25, 0.3) is 0 Å². The molecule has 0 saturated carbocycles. The van der Waals surface area contributed by atoms with Gasteiger partial charge in [0.15, 0.2) is 5.78 Å². The lowest BCUT2D eigenvalue weighted by molar-refractivity contribution is -0.134. The molecule has 4 atom stereocenters. The maximum atomic E-state index is 13.7. The number of aromatic nitrogens is 1. The lowest BCUT2D eigenvalue weighted by atomic mass is 9.87. The SMILES string of the molecule is Cc1nc(C)c(CC(=O)C[C@@H](C)C(=O)CC(Cc2ccccc2)C(=O)NC(Cc2ccccc2)C(=O)[C@@]2(C)CO2)s1. The van der Waals surface area contributed by atoms with Gasteiger partial charge < -0.3 is 10.1 Å². The Hall–Kier alpha value is -3.49. The summed E-state index contributed by atoms with van der Waals surface area (Å²) in [5.41, 5.74) is 1.79. The Morgan fingerprint density at radius 3 is 2.07 bits per heavy atom. The number of hydrogen-bond acceptors (Lipinski definition) is 7. The number of carbonyl (C=O) groups is 4. The maximum Gasteiger partial charge on any atom is 0.224 e. The van der Waals surface area contributed by atoms with Crippen LogP contribution in [0, 0.1) is 25.7 Å². The first-order valence-corrected chi connectivity index (χ1v) is 14.9. The third-order valence-electron chi connectivity index (χ3n) is 7.60. The smallest absolute Gasteiger partial charge is 0.224 e. The summed E-state index contributed by atoms with van der Waals surface area (Å²) in [6.07, 6.45) is 1.02. The van der Waals surface area contributed by atoms with Gasteiger partial charge in [0, 0.05) is 36.0 Å². The van der Waals surface area contributed by atoms with Crippen LogP contribution < -0.4 is 5.32 Å². The van der Waals surface area contributed by atoms with E-state index < -0.39 is 23.5 Å². The largest absolute Gasteiger partial charge is 0.361 e. The van der Waals surface area contributed by atoms with Gasteiger partial charge in [-0.25, -0.2) is 4.98 Å². The predicted octanol–water partition coefficient (Wildman–Crippen LogP) is 4.80. The van der Waals surface area contributed by atoms with E-state index in [1.54, 1.807) is 13.8 Å². The van der Waals surface area contributed by atoms with Gasteiger partial charge in [-0.2, -0.15) is 0 Å². The Morgan fingerprint density at radius 2 is 1.54 bits per heavy atom. The first kappa shape index (κ1) is 30.5. The number of ether oxygens (including phenoxy) is 1. The van der Waals surface area contributed by atoms with E-state index in [0.29, 0.717) is 19.4 Å². The van der Waals surface area contributed by atoms with Crippen LogP contribution in [0.2, 0.25) is 0 Å². The molecule has 0 radical (unpaired) electrons. The van der Waals surface area contributed by atoms with Gasteiger partial charge in [-0.15, -0.1) is 11.3 Å². The van der Waals surface area contributed by atoms with Gasteiger partial charge in [0.1, 0.15) is 17.2 Å². The molecule has 0 spiro atoms. The van der Waals surface area contributed by atoms with Crippen molar-refractivity contribution in [3.8, 4) is 0 Å². The van der Waals surface area contributed by atoms with Crippen molar-refractivity contribution >= 4 is 34.6 Å². The molecule has 216 valence electrons. The molecule has 1 aliphatic heterocycles. The third kappa shape index (κ3) is 8.50. The molecular formula is C33H38N2O5S. The average Bonchev–Trinajstić information content (AvgIpc) is 3.62. The monoisotopic (exact) mass is 574 g/mol. The fourth-order valence-electron chi connectivity index (χ4n) is 5.01. The molecule has 0 aliphatic carbocycles. The van der Waals surface area contributed by atoms with Crippen molar-refractivity contribution in [3.05, 3.63) is 87.4 Å². The quantitative estimate of drug-likeness (QED) is 0.262. The van der Waals surface area contributed by atoms with Gasteiger partial charge in [0.2, 0.25) is 5.91 Å². The third-order valence-corrected chi connectivity index (χ3v) is 8.67. The number of hydrogen-bond donors (Lipinski definition) is 1. The number of epoxide rings is 1. The number of aryl methyl sites for hydroxylation is 2. The molecule has 2 heterocycles. The van der Waals surface area contributed by atoms with E-state index in [-0.39, 0.29) is 42.5 Å². The van der Waals surface area contributed by atoms with E-state index in [4.69, 9.17) is 4.74 Å². The van der Waals surface area contributed by atoms with Gasteiger partial charge in [-0.3, -0.25) is 19.2 Å². The van der Waals surface area contributed by atoms with E-state index in [1.165, 1.54) is 11.3 Å². The standard InChI is InChI=1S/C33H38N2O5S/c1-21(15-27(36)19-30-22(2)34-23(3)41-30)29(37)18-26(16-24-11-7-5-8-12-24)32(39)35-28(31(38)33(4)20-40-33)17-25-13-9-6-10-14-25/h5-14,21,26,28H,15-20H2,1-4H3,(H,35,39)/t21-,26?,28?,33-/m1/s1. The second kappa shape index (κ2) is 13.4. The summed E-state index contributed by atoms with van der Waals surface area (Å²) in [6.45, 7) is 7.60. The van der Waals surface area contributed by atoms with Gasteiger partial charge >= 0.3 is 0 Å². The Kier molecular flexibility index (Phi) is 9.99. The van der Waals surface area contributed by atoms with E-state index in [2.05, 4.69) is 10.3 Å². The number of amides is 1. The Labute approximate surface area is 245 Å². The summed E-state index contributed by atoms with van der Waals surface area (Å²) in [4.78, 5) is 58.5. The van der Waals surface area contributed by atoms with Crippen LogP contribution in [-0.2, 0) is 43.2 Å². The van der Waals surface area contributed by atoms with Crippen molar-refractivity contribution in [1.29, 1.82) is 0 Å². The fourth-order valence-corrected chi connectivity index (χ4v) is 5.98. The highest BCUT2D eigenvalue weighted by atomic mass is 32.1. The Morgan fingerprint density at radius 1 is 0.951 bits per heavy atom. The second-order valence-corrected chi connectivity index (χ2v) is 12.5. The molecule has 0 bridgehead atoms. The van der Waals surface area contributed by atoms with Gasteiger partial charge in [-0.05, 0) is 44.7 Å². The molecule has 1 saturated heterocycles. The van der Waals surface area contributed by atoms with Crippen LogP contribution in [0.5, 0.6) is 0 Å². The highest BCUT2D eigenvalue weighted by molar-refractivity contribution is 7.11. The normalized spacial score (nSPS) is 18.2. The molecule has 1 fully saturated rings. The molecule has 1 amide bonds. The highest BCUT2D eigenvalue weighted by Crippen LogP contribution is 2.29. The zero-order chi connectivity index (χ0) is 29.6. The zero-order valence-corrected chi connectivity index (χ0v) is 25.0. The molecule has 4 rings (SSSR count). The summed E-state index contributed by atoms with van der Waals surface area (Å²) in [6, 6.07) is 18.3. The molecular weight excluding hydrogens is 536 g/mol. The van der Waals surface area contributed by atoms with Crippen molar-refractivity contribution < 1.29 is 23.9 Å². The molecule has 7 nitrogen and oxygen atoms in total. The number of benzene rings is 2. The van der Waals surface area contributed by atoms with E-state index in [0.717, 1.165) is 26.7 Å². The lowest BCUT2D eigenvalue weighted by Crippen LogP contribution is -2.49. The molecule has 2 aromatic carbocycles. The van der Waals surface area contributed by atoms with Gasteiger partial charge in [0.25, 0.3) is 0 Å². The summed E-state index contributed by atoms with van der Waals surface area (Å²) < 4.78 is 5.41. The number of rotatable bonds is 15. The van der Waals surface area contributed by atoms with Crippen LogP contribution in [0.15, 0.2) is 60.7 Å². The van der Waals surface area contributed by atoms with Crippen LogP contribution in [0.3, 0.4) is 0 Å². The second-order valence-electron chi connectivity index (χ2n) is 11.3. The fraction of sp³-hybridized carbons (Fsp3) is 0.424. The summed E-state index contributed by atoms with van der Waals surface area (Å²) in [5, 5.41) is 3.88. The van der Waals surface area contributed by atoms with Gasteiger partial charge in [-0.1, -0.05) is 67.6 Å². The van der Waals surface area contributed by atoms with E-state index in [1.807, 2.05) is 74.5 Å². The minimum Gasteiger partial charge on any atom is -0.361 e. The molecule has 1 aromatic heterocycles. The molecule has 41 heavy (non-hydrogen) atoms. The first-order valence-electron chi connectivity index (χ1n) is 14.1. The lowest BCUT2D eigenvalue weighted by Gasteiger charge is -2.24. The number of nitrogens with one attached hydrogen (secondary N) is 1. The summed E-state index contributed by atoms with van der Waals surface area (Å²) in [5.74, 6) is -1.90. The molecule has 3 aromatic rings. The van der Waals surface area contributed by atoms with Crippen LogP contribution in [0.1, 0.15) is 53.4 Å². The Balaban J connectivity index is 1.46. The van der Waals surface area contributed by atoms with Crippen LogP contribution in [0.4, 0.5) is 0 Å². The van der Waals surface area contributed by atoms with Crippen molar-refractivity contribution in [2.24, 2.45) is 11.8 Å². The number of carbonyl (C=O) groups excluding carboxylic acids is 4. The van der Waals surface area contributed by atoms with Gasteiger partial charge in [0.05, 0.1) is 23.4 Å². The molecule has 2 unspecified atom stereocenters. The van der Waals surface area contributed by atoms with E-state index >= 15 is 0 Å². The van der Waals surface area contributed by atoms with Crippen LogP contribution >= 0.6 is 11.3 Å². The summed E-state index contributed by atoms with van der Waals surface area (Å²) >= 11 is 1.50. The van der Waals surface area contributed by atoms with Crippen molar-refractivity contribution in [2.45, 2.75) is 71.4 Å². The van der Waals surface area contributed by atoms with Crippen molar-refractivity contribution in [1.82, 2.24) is 10.3 Å². The highest BCUT2D eigenvalue weighted by Gasteiger charge is 2.50. The summed E-state index contributed by atoms with van der Waals surface area (Å²) in [7, 11) is 0. The van der Waals surface area contributed by atoms with Crippen LogP contribution in [-0.4, -0.2) is 46.5 Å². The topological polar surface area (TPSA) is 106 Å². The molecule has 1 N–H and O–H groups in total. The minimum absolute atomic E-state index is 0.0200. The molecule has 1 aliphatic rings. The average molecular weight is 575 g/mol. The van der Waals surface area contributed by atoms with Crippen molar-refractivity contribution in [3.63, 3.8) is 0 Å². The Bertz CT molecular complexity index is 1380. The molecule has 8 heteroatoms.